The molecule has 0 aliphatic rings. The number of halogens is 1. The number of aryl methyl sites for hydroxylation is 2. The molecule has 0 atom stereocenters. The van der Waals surface area contributed by atoms with Gasteiger partial charge in [0.05, 0.1) is 12.2 Å². The van der Waals surface area contributed by atoms with Crippen LogP contribution in [0.25, 0.3) is 5.69 Å². The van der Waals surface area contributed by atoms with Gasteiger partial charge in [0.2, 0.25) is 5.91 Å². The number of amides is 2. The third-order valence-corrected chi connectivity index (χ3v) is 4.79. The number of benzene rings is 2. The Hall–Kier alpha value is -2.93. The summed E-state index contributed by atoms with van der Waals surface area (Å²) in [6.07, 6.45) is 0. The van der Waals surface area contributed by atoms with Gasteiger partial charge in [-0.05, 0) is 55.8 Å². The molecule has 1 aromatic heterocycles. The van der Waals surface area contributed by atoms with Gasteiger partial charge < -0.3 is 10.2 Å². The number of anilines is 1. The van der Waals surface area contributed by atoms with Gasteiger partial charge in [-0.15, -0.1) is 0 Å². The lowest BCUT2D eigenvalue weighted by atomic mass is 10.2. The van der Waals surface area contributed by atoms with Gasteiger partial charge in [0.15, 0.2) is 5.69 Å². The molecule has 0 spiro atoms. The predicted molar refractivity (Wildman–Crippen MR) is 113 cm³/mol. The van der Waals surface area contributed by atoms with Gasteiger partial charge in [-0.2, -0.15) is 5.10 Å². The molecule has 28 heavy (non-hydrogen) atoms. The first-order valence-electron chi connectivity index (χ1n) is 8.78. The number of carbonyl (C=O) groups excluding carboxylic acids is 2. The molecule has 0 saturated heterocycles. The van der Waals surface area contributed by atoms with Gasteiger partial charge in [-0.3, -0.25) is 9.59 Å². The first-order chi connectivity index (χ1) is 13.3. The van der Waals surface area contributed by atoms with Crippen molar-refractivity contribution in [2.24, 2.45) is 0 Å². The first kappa shape index (κ1) is 19.8. The van der Waals surface area contributed by atoms with Gasteiger partial charge in [0.1, 0.15) is 0 Å². The van der Waals surface area contributed by atoms with Crippen molar-refractivity contribution in [2.75, 3.05) is 18.9 Å². The second-order valence-electron chi connectivity index (χ2n) is 6.59. The number of hydrogen-bond acceptors (Lipinski definition) is 3. The van der Waals surface area contributed by atoms with E-state index in [1.807, 2.05) is 62.4 Å². The smallest absolute Gasteiger partial charge is 0.274 e. The standard InChI is InChI=1S/C21H21BrN4O2/c1-14-11-16(22)9-10-18(14)23-20(27)13-25(3)21(28)19-12-15(2)26(24-19)17-7-5-4-6-8-17/h4-12H,13H2,1-3H3,(H,23,27). The maximum atomic E-state index is 12.7. The van der Waals surface area contributed by atoms with Gasteiger partial charge >= 0.3 is 0 Å². The van der Waals surface area contributed by atoms with Gasteiger partial charge in [0, 0.05) is 22.9 Å². The fourth-order valence-corrected chi connectivity index (χ4v) is 3.32. The van der Waals surface area contributed by atoms with E-state index in [-0.39, 0.29) is 18.4 Å². The molecule has 0 saturated carbocycles. The zero-order valence-electron chi connectivity index (χ0n) is 15.9. The Morgan fingerprint density at radius 1 is 1.11 bits per heavy atom. The molecule has 2 amide bonds. The summed E-state index contributed by atoms with van der Waals surface area (Å²) in [5, 5.41) is 7.24. The third kappa shape index (κ3) is 4.48. The highest BCUT2D eigenvalue weighted by molar-refractivity contribution is 9.10. The molecule has 0 aliphatic heterocycles. The maximum absolute atomic E-state index is 12.7. The molecule has 1 N–H and O–H groups in total. The summed E-state index contributed by atoms with van der Waals surface area (Å²) in [6.45, 7) is 3.74. The lowest BCUT2D eigenvalue weighted by Crippen LogP contribution is -2.35. The van der Waals surface area contributed by atoms with E-state index in [9.17, 15) is 9.59 Å². The largest absolute Gasteiger partial charge is 0.331 e. The van der Waals surface area contributed by atoms with Crippen molar-refractivity contribution in [3.05, 3.63) is 76.0 Å². The van der Waals surface area contributed by atoms with Crippen LogP contribution in [0, 0.1) is 13.8 Å². The average molecular weight is 441 g/mol. The first-order valence-corrected chi connectivity index (χ1v) is 9.58. The number of hydrogen-bond donors (Lipinski definition) is 1. The Morgan fingerprint density at radius 2 is 1.82 bits per heavy atom. The van der Waals surface area contributed by atoms with Crippen LogP contribution in [-0.2, 0) is 4.79 Å². The van der Waals surface area contributed by atoms with Crippen LogP contribution >= 0.6 is 15.9 Å². The summed E-state index contributed by atoms with van der Waals surface area (Å²) < 4.78 is 2.66. The lowest BCUT2D eigenvalue weighted by Gasteiger charge is -2.16. The Kier molecular flexibility index (Phi) is 5.94. The summed E-state index contributed by atoms with van der Waals surface area (Å²) >= 11 is 3.40. The summed E-state index contributed by atoms with van der Waals surface area (Å²) in [5.41, 5.74) is 3.69. The van der Waals surface area contributed by atoms with Gasteiger partial charge in [-0.25, -0.2) is 4.68 Å². The Bertz CT molecular complexity index is 1010. The van der Waals surface area contributed by atoms with Crippen LogP contribution in [0.1, 0.15) is 21.7 Å². The fraction of sp³-hybridized carbons (Fsp3) is 0.190. The van der Waals surface area contributed by atoms with Crippen molar-refractivity contribution in [1.29, 1.82) is 0 Å². The quantitative estimate of drug-likeness (QED) is 0.652. The SMILES string of the molecule is Cc1cc(Br)ccc1NC(=O)CN(C)C(=O)c1cc(C)n(-c2ccccc2)n1. The fourth-order valence-electron chi connectivity index (χ4n) is 2.85. The van der Waals surface area contributed by atoms with Crippen molar-refractivity contribution in [3.8, 4) is 5.69 Å². The highest BCUT2D eigenvalue weighted by Gasteiger charge is 2.19. The lowest BCUT2D eigenvalue weighted by molar-refractivity contribution is -0.116. The summed E-state index contributed by atoms with van der Waals surface area (Å²) in [5.74, 6) is -0.569. The van der Waals surface area contributed by atoms with Gasteiger partial charge in [-0.1, -0.05) is 34.1 Å². The molecule has 6 nitrogen and oxygen atoms in total. The van der Waals surface area contributed by atoms with Crippen molar-refractivity contribution in [1.82, 2.24) is 14.7 Å². The predicted octanol–water partition coefficient (Wildman–Crippen LogP) is 3.96. The number of nitrogens with zero attached hydrogens (tertiary/aromatic N) is 3. The molecule has 0 aliphatic carbocycles. The van der Waals surface area contributed by atoms with Crippen molar-refractivity contribution < 1.29 is 9.59 Å². The number of rotatable bonds is 5. The summed E-state index contributed by atoms with van der Waals surface area (Å²) in [4.78, 5) is 26.4. The van der Waals surface area contributed by atoms with E-state index in [0.29, 0.717) is 5.69 Å². The van der Waals surface area contributed by atoms with Crippen LogP contribution < -0.4 is 5.32 Å². The number of carbonyl (C=O) groups is 2. The van der Waals surface area contributed by atoms with E-state index in [0.717, 1.165) is 27.1 Å². The van der Waals surface area contributed by atoms with Crippen LogP contribution in [0.15, 0.2) is 59.1 Å². The van der Waals surface area contributed by atoms with E-state index in [1.54, 1.807) is 17.8 Å². The Balaban J connectivity index is 1.68. The molecule has 2 aromatic carbocycles. The minimum atomic E-state index is -0.305. The highest BCUT2D eigenvalue weighted by Crippen LogP contribution is 2.20. The van der Waals surface area contributed by atoms with E-state index in [2.05, 4.69) is 26.3 Å². The van der Waals surface area contributed by atoms with E-state index < -0.39 is 0 Å². The number of likely N-dealkylation sites (N-methyl/N-ethyl adjacent to an activating group) is 1. The van der Waals surface area contributed by atoms with Crippen LogP contribution in [-0.4, -0.2) is 40.1 Å². The zero-order chi connectivity index (χ0) is 20.3. The maximum Gasteiger partial charge on any atom is 0.274 e. The van der Waals surface area contributed by atoms with Gasteiger partial charge in [0.25, 0.3) is 5.91 Å². The summed E-state index contributed by atoms with van der Waals surface area (Å²) in [7, 11) is 1.59. The molecule has 0 fully saturated rings. The van der Waals surface area contributed by atoms with Crippen molar-refractivity contribution in [3.63, 3.8) is 0 Å². The highest BCUT2D eigenvalue weighted by atomic mass is 79.9. The molecule has 0 bridgehead atoms. The second-order valence-corrected chi connectivity index (χ2v) is 7.50. The molecule has 3 aromatic rings. The third-order valence-electron chi connectivity index (χ3n) is 4.30. The normalized spacial score (nSPS) is 10.6. The molecule has 0 radical (unpaired) electrons. The zero-order valence-corrected chi connectivity index (χ0v) is 17.5. The number of nitrogens with one attached hydrogen (secondary N) is 1. The molecular weight excluding hydrogens is 420 g/mol. The molecule has 7 heteroatoms. The van der Waals surface area contributed by atoms with Crippen LogP contribution in [0.2, 0.25) is 0 Å². The Labute approximate surface area is 172 Å². The van der Waals surface area contributed by atoms with E-state index in [4.69, 9.17) is 0 Å². The average Bonchev–Trinajstić information content (AvgIpc) is 3.05. The number of aromatic nitrogens is 2. The molecule has 1 heterocycles. The minimum Gasteiger partial charge on any atom is -0.331 e. The second kappa shape index (κ2) is 8.39. The molecule has 0 unspecified atom stereocenters. The van der Waals surface area contributed by atoms with Crippen LogP contribution in [0.4, 0.5) is 5.69 Å². The minimum absolute atomic E-state index is 0.0639. The van der Waals surface area contributed by atoms with Crippen LogP contribution in [0.5, 0.6) is 0 Å². The van der Waals surface area contributed by atoms with E-state index in [1.165, 1.54) is 4.90 Å². The van der Waals surface area contributed by atoms with E-state index >= 15 is 0 Å². The Morgan fingerprint density at radius 3 is 2.50 bits per heavy atom. The molecular formula is C21H21BrN4O2. The number of para-hydroxylation sites is 1. The van der Waals surface area contributed by atoms with Crippen LogP contribution in [0.3, 0.4) is 0 Å². The topological polar surface area (TPSA) is 67.2 Å². The summed E-state index contributed by atoms with van der Waals surface area (Å²) in [6, 6.07) is 16.9. The molecule has 144 valence electrons. The monoisotopic (exact) mass is 440 g/mol. The molecule has 3 rings (SSSR count). The van der Waals surface area contributed by atoms with Crippen molar-refractivity contribution >= 4 is 33.4 Å². The van der Waals surface area contributed by atoms with Crippen molar-refractivity contribution in [2.45, 2.75) is 13.8 Å².